The average molecular weight is 381 g/mol. The van der Waals surface area contributed by atoms with Gasteiger partial charge in [0.05, 0.1) is 16.3 Å². The molecule has 0 aliphatic heterocycles. The van der Waals surface area contributed by atoms with Crippen LogP contribution in [0.4, 0.5) is 13.2 Å². The lowest BCUT2D eigenvalue weighted by atomic mass is 10.1. The lowest BCUT2D eigenvalue weighted by molar-refractivity contribution is -0.141. The largest absolute Gasteiger partial charge is 0.435 e. The highest BCUT2D eigenvalue weighted by Crippen LogP contribution is 2.33. The first-order valence-electron chi connectivity index (χ1n) is 7.51. The highest BCUT2D eigenvalue weighted by molar-refractivity contribution is 7.72. The summed E-state index contributed by atoms with van der Waals surface area (Å²) in [6.07, 6.45) is -4.60. The molecule has 2 aromatic carbocycles. The van der Waals surface area contributed by atoms with Gasteiger partial charge >= 0.3 is 6.18 Å². The van der Waals surface area contributed by atoms with Crippen molar-refractivity contribution in [3.63, 3.8) is 0 Å². The Morgan fingerprint density at radius 2 is 1.62 bits per heavy atom. The fourth-order valence-corrected chi connectivity index (χ4v) is 2.84. The van der Waals surface area contributed by atoms with E-state index in [9.17, 15) is 21.6 Å². The van der Waals surface area contributed by atoms with Crippen LogP contribution in [-0.4, -0.2) is 18.2 Å². The molecule has 0 saturated heterocycles. The molecule has 0 fully saturated rings. The zero-order chi connectivity index (χ0) is 18.9. The Kier molecular flexibility index (Phi) is 4.84. The fourth-order valence-electron chi connectivity index (χ4n) is 2.45. The lowest BCUT2D eigenvalue weighted by Gasteiger charge is -2.08. The van der Waals surface area contributed by atoms with Crippen LogP contribution in [0.2, 0.25) is 0 Å². The van der Waals surface area contributed by atoms with Gasteiger partial charge in [0.25, 0.3) is 0 Å². The molecule has 0 unspecified atom stereocenters. The van der Waals surface area contributed by atoms with E-state index in [0.29, 0.717) is 17.8 Å². The second-order valence-corrected chi connectivity index (χ2v) is 6.53. The topological polar surface area (TPSA) is 78.0 Å². The van der Waals surface area contributed by atoms with Crippen LogP contribution in [0.5, 0.6) is 0 Å². The maximum Gasteiger partial charge on any atom is 0.435 e. The molecular formula is C17H14F3N3O2S. The van der Waals surface area contributed by atoms with Crippen LogP contribution < -0.4 is 5.73 Å². The van der Waals surface area contributed by atoms with Crippen LogP contribution in [0.3, 0.4) is 0 Å². The summed E-state index contributed by atoms with van der Waals surface area (Å²) < 4.78 is 62.5. The van der Waals surface area contributed by atoms with Crippen LogP contribution >= 0.6 is 0 Å². The van der Waals surface area contributed by atoms with Gasteiger partial charge in [0.1, 0.15) is 0 Å². The minimum absolute atomic E-state index is 0.0702. The third-order valence-electron chi connectivity index (χ3n) is 3.79. The average Bonchev–Trinajstić information content (AvgIpc) is 3.07. The second kappa shape index (κ2) is 6.93. The zero-order valence-electron chi connectivity index (χ0n) is 13.3. The molecule has 0 spiro atoms. The van der Waals surface area contributed by atoms with E-state index in [1.807, 2.05) is 0 Å². The molecule has 5 nitrogen and oxygen atoms in total. The van der Waals surface area contributed by atoms with Crippen LogP contribution in [0.15, 0.2) is 59.5 Å². The van der Waals surface area contributed by atoms with Gasteiger partial charge in [-0.2, -0.15) is 18.3 Å². The summed E-state index contributed by atoms with van der Waals surface area (Å²) in [5, 5.41) is 3.66. The molecule has 1 aromatic heterocycles. The first kappa shape index (κ1) is 18.2. The quantitative estimate of drug-likeness (QED) is 0.681. The Labute approximate surface area is 148 Å². The minimum atomic E-state index is -4.60. The second-order valence-electron chi connectivity index (χ2n) is 5.50. The van der Waals surface area contributed by atoms with Crippen molar-refractivity contribution >= 4 is 10.7 Å². The van der Waals surface area contributed by atoms with Gasteiger partial charge in [0.15, 0.2) is 16.4 Å². The Balaban J connectivity index is 2.14. The molecule has 0 radical (unpaired) electrons. The summed E-state index contributed by atoms with van der Waals surface area (Å²) in [4.78, 5) is 0.0702. The van der Waals surface area contributed by atoms with Gasteiger partial charge in [-0.25, -0.2) is 13.1 Å². The molecule has 136 valence electrons. The molecule has 0 aliphatic rings. The van der Waals surface area contributed by atoms with Crippen LogP contribution in [-0.2, 0) is 23.4 Å². The van der Waals surface area contributed by atoms with Crippen molar-refractivity contribution in [2.24, 2.45) is 5.73 Å². The van der Waals surface area contributed by atoms with Gasteiger partial charge in [0, 0.05) is 12.1 Å². The molecule has 9 heteroatoms. The number of nitrogens with zero attached hydrogens (tertiary/aromatic N) is 2. The van der Waals surface area contributed by atoms with Crippen molar-refractivity contribution in [2.75, 3.05) is 0 Å². The number of thiol groups is 1. The van der Waals surface area contributed by atoms with Gasteiger partial charge in [-0.1, -0.05) is 24.3 Å². The fraction of sp³-hybridized carbons (Fsp3) is 0.118. The highest BCUT2D eigenvalue weighted by atomic mass is 32.2. The van der Waals surface area contributed by atoms with E-state index in [2.05, 4.69) is 5.10 Å². The Hall–Kier alpha value is -2.65. The molecule has 1 heterocycles. The minimum Gasteiger partial charge on any atom is -0.326 e. The summed E-state index contributed by atoms with van der Waals surface area (Å²) >= 11 is 0. The molecular weight excluding hydrogens is 367 g/mol. The number of hydrogen-bond donors (Lipinski definition) is 2. The normalized spacial score (nSPS) is 11.9. The molecule has 0 atom stereocenters. The van der Waals surface area contributed by atoms with Crippen LogP contribution in [0.25, 0.3) is 16.9 Å². The van der Waals surface area contributed by atoms with E-state index < -0.39 is 22.6 Å². The number of aromatic nitrogens is 2. The van der Waals surface area contributed by atoms with E-state index in [1.54, 1.807) is 24.3 Å². The van der Waals surface area contributed by atoms with Crippen LogP contribution in [0, 0.1) is 0 Å². The molecule has 3 rings (SSSR count). The van der Waals surface area contributed by atoms with Gasteiger partial charge in [-0.05, 0) is 35.9 Å². The number of rotatable bonds is 4. The predicted octanol–water partition coefficient (Wildman–Crippen LogP) is 2.99. The van der Waals surface area contributed by atoms with E-state index >= 15 is 0 Å². The molecule has 0 amide bonds. The maximum absolute atomic E-state index is 13.1. The van der Waals surface area contributed by atoms with Gasteiger partial charge in [-0.15, -0.1) is 0 Å². The van der Waals surface area contributed by atoms with E-state index in [1.165, 1.54) is 24.3 Å². The Morgan fingerprint density at radius 3 is 2.12 bits per heavy atom. The maximum atomic E-state index is 13.1. The summed E-state index contributed by atoms with van der Waals surface area (Å²) in [5.41, 5.74) is 6.44. The van der Waals surface area contributed by atoms with Gasteiger partial charge in [-0.3, -0.25) is 0 Å². The van der Waals surface area contributed by atoms with E-state index in [-0.39, 0.29) is 10.6 Å². The standard InChI is InChI=1S/C17H14F3N3O2S/c18-17(19,20)16-9-15(12-3-1-11(10-21)2-4-12)23(22-16)13-5-7-14(8-6-13)26(24)25/h1-9,26H,10,21H2. The summed E-state index contributed by atoms with van der Waals surface area (Å²) in [5.74, 6) is 0. The number of benzene rings is 2. The molecule has 3 aromatic rings. The predicted molar refractivity (Wildman–Crippen MR) is 90.5 cm³/mol. The van der Waals surface area contributed by atoms with Gasteiger partial charge in [0.2, 0.25) is 0 Å². The van der Waals surface area contributed by atoms with Crippen molar-refractivity contribution in [3.8, 4) is 16.9 Å². The summed E-state index contributed by atoms with van der Waals surface area (Å²) in [6, 6.07) is 13.2. The number of hydrogen-bond acceptors (Lipinski definition) is 4. The summed E-state index contributed by atoms with van der Waals surface area (Å²) in [7, 11) is -2.77. The third kappa shape index (κ3) is 3.63. The monoisotopic (exact) mass is 381 g/mol. The first-order chi connectivity index (χ1) is 12.3. The van der Waals surface area contributed by atoms with Crippen molar-refractivity contribution in [1.29, 1.82) is 0 Å². The molecule has 2 N–H and O–H groups in total. The number of nitrogens with two attached hydrogens (primary N) is 1. The molecule has 0 aliphatic carbocycles. The molecule has 0 bridgehead atoms. The first-order valence-corrected chi connectivity index (χ1v) is 8.69. The zero-order valence-corrected chi connectivity index (χ0v) is 14.2. The smallest absolute Gasteiger partial charge is 0.326 e. The van der Waals surface area contributed by atoms with E-state index in [4.69, 9.17) is 5.73 Å². The Bertz CT molecular complexity index is 984. The third-order valence-corrected chi connectivity index (χ3v) is 4.51. The molecule has 0 saturated carbocycles. The lowest BCUT2D eigenvalue weighted by Crippen LogP contribution is -2.07. The van der Waals surface area contributed by atoms with Crippen molar-refractivity contribution in [1.82, 2.24) is 9.78 Å². The Morgan fingerprint density at radius 1 is 1.00 bits per heavy atom. The van der Waals surface area contributed by atoms with Crippen molar-refractivity contribution in [3.05, 3.63) is 65.9 Å². The highest BCUT2D eigenvalue weighted by Gasteiger charge is 2.35. The number of halogens is 3. The number of alkyl halides is 3. The van der Waals surface area contributed by atoms with Gasteiger partial charge < -0.3 is 5.73 Å². The van der Waals surface area contributed by atoms with E-state index in [0.717, 1.165) is 16.3 Å². The summed E-state index contributed by atoms with van der Waals surface area (Å²) in [6.45, 7) is 0.322. The van der Waals surface area contributed by atoms with Crippen molar-refractivity contribution < 1.29 is 21.6 Å². The SMILES string of the molecule is NCc1ccc(-c2cc(C(F)(F)F)nn2-c2ccc([SH](=O)=O)cc2)cc1. The van der Waals surface area contributed by atoms with Crippen molar-refractivity contribution in [2.45, 2.75) is 17.6 Å². The molecule has 26 heavy (non-hydrogen) atoms. The van der Waals surface area contributed by atoms with Crippen LogP contribution in [0.1, 0.15) is 11.3 Å².